The van der Waals surface area contributed by atoms with Crippen LogP contribution in [0.5, 0.6) is 0 Å². The molecule has 3 aromatic rings. The zero-order valence-corrected chi connectivity index (χ0v) is 10.3. The van der Waals surface area contributed by atoms with Gasteiger partial charge in [0.15, 0.2) is 5.65 Å². The summed E-state index contributed by atoms with van der Waals surface area (Å²) in [6.45, 7) is 2.06. The zero-order chi connectivity index (χ0) is 12.7. The molecular formula is C13H13N5. The molecule has 5 nitrogen and oxygen atoms in total. The number of aromatic nitrogens is 4. The third-order valence-corrected chi connectivity index (χ3v) is 2.89. The van der Waals surface area contributed by atoms with Gasteiger partial charge in [-0.15, -0.1) is 0 Å². The van der Waals surface area contributed by atoms with E-state index >= 15 is 0 Å². The van der Waals surface area contributed by atoms with Crippen LogP contribution in [0.2, 0.25) is 0 Å². The van der Waals surface area contributed by atoms with Crippen molar-refractivity contribution in [2.45, 2.75) is 6.92 Å². The van der Waals surface area contributed by atoms with Crippen molar-refractivity contribution in [1.29, 1.82) is 0 Å². The van der Waals surface area contributed by atoms with Crippen molar-refractivity contribution in [3.05, 3.63) is 36.0 Å². The molecule has 0 fully saturated rings. The first-order chi connectivity index (χ1) is 8.65. The lowest BCUT2D eigenvalue weighted by Gasteiger charge is -1.99. The average Bonchev–Trinajstić information content (AvgIpc) is 2.67. The molecule has 0 saturated carbocycles. The first kappa shape index (κ1) is 10.7. The van der Waals surface area contributed by atoms with Crippen molar-refractivity contribution in [3.63, 3.8) is 0 Å². The maximum absolute atomic E-state index is 5.60. The van der Waals surface area contributed by atoms with E-state index in [0.29, 0.717) is 0 Å². The van der Waals surface area contributed by atoms with E-state index < -0.39 is 0 Å². The van der Waals surface area contributed by atoms with Crippen LogP contribution in [0, 0.1) is 6.92 Å². The summed E-state index contributed by atoms with van der Waals surface area (Å²) < 4.78 is 1.73. The molecule has 18 heavy (non-hydrogen) atoms. The monoisotopic (exact) mass is 239 g/mol. The largest absolute Gasteiger partial charge is 0.368 e. The number of nitrogen functional groups attached to an aromatic ring is 1. The van der Waals surface area contributed by atoms with Crippen LogP contribution in [0.1, 0.15) is 5.56 Å². The van der Waals surface area contributed by atoms with Crippen LogP contribution in [0.15, 0.2) is 30.5 Å². The van der Waals surface area contributed by atoms with E-state index in [0.717, 1.165) is 22.3 Å². The normalized spacial score (nSPS) is 11.0. The molecule has 90 valence electrons. The molecule has 0 spiro atoms. The fourth-order valence-corrected chi connectivity index (χ4v) is 2.06. The second-order valence-electron chi connectivity index (χ2n) is 4.31. The van der Waals surface area contributed by atoms with Gasteiger partial charge in [0.2, 0.25) is 5.95 Å². The van der Waals surface area contributed by atoms with Crippen LogP contribution in [0.3, 0.4) is 0 Å². The van der Waals surface area contributed by atoms with Gasteiger partial charge < -0.3 is 5.73 Å². The van der Waals surface area contributed by atoms with Crippen LogP contribution in [-0.4, -0.2) is 19.7 Å². The van der Waals surface area contributed by atoms with Crippen molar-refractivity contribution in [1.82, 2.24) is 19.7 Å². The fourth-order valence-electron chi connectivity index (χ4n) is 2.06. The number of anilines is 1. The lowest BCUT2D eigenvalue weighted by Crippen LogP contribution is -1.97. The maximum Gasteiger partial charge on any atom is 0.222 e. The predicted molar refractivity (Wildman–Crippen MR) is 70.9 cm³/mol. The molecule has 0 aliphatic heterocycles. The first-order valence-corrected chi connectivity index (χ1v) is 5.67. The van der Waals surface area contributed by atoms with Crippen molar-refractivity contribution in [2.24, 2.45) is 7.05 Å². The minimum absolute atomic E-state index is 0.265. The SMILES string of the molecule is Cc1cccc(-c2nn(C)c3nc(N)ncc23)c1. The van der Waals surface area contributed by atoms with E-state index in [2.05, 4.69) is 34.1 Å². The topological polar surface area (TPSA) is 69.6 Å². The highest BCUT2D eigenvalue weighted by Crippen LogP contribution is 2.26. The summed E-state index contributed by atoms with van der Waals surface area (Å²) in [5, 5.41) is 5.42. The van der Waals surface area contributed by atoms with E-state index in [-0.39, 0.29) is 5.95 Å². The zero-order valence-electron chi connectivity index (χ0n) is 10.3. The molecule has 0 aliphatic carbocycles. The third-order valence-electron chi connectivity index (χ3n) is 2.89. The average molecular weight is 239 g/mol. The Labute approximate surface area is 104 Å². The second-order valence-corrected chi connectivity index (χ2v) is 4.31. The molecule has 0 saturated heterocycles. The molecule has 5 heteroatoms. The summed E-state index contributed by atoms with van der Waals surface area (Å²) in [5.41, 5.74) is 9.50. The fraction of sp³-hybridized carbons (Fsp3) is 0.154. The standard InChI is InChI=1S/C13H13N5/c1-8-4-3-5-9(6-8)11-10-7-15-13(14)16-12(10)18(2)17-11/h3-7H,1-2H3,(H2,14,15,16). The number of nitrogens with two attached hydrogens (primary N) is 1. The lowest BCUT2D eigenvalue weighted by atomic mass is 10.1. The highest BCUT2D eigenvalue weighted by molar-refractivity contribution is 5.91. The Hall–Kier alpha value is -2.43. The van der Waals surface area contributed by atoms with E-state index in [9.17, 15) is 0 Å². The predicted octanol–water partition coefficient (Wildman–Crippen LogP) is 1.92. The van der Waals surface area contributed by atoms with Crippen molar-refractivity contribution >= 4 is 17.0 Å². The van der Waals surface area contributed by atoms with Gasteiger partial charge in [0.05, 0.1) is 5.39 Å². The van der Waals surface area contributed by atoms with Crippen LogP contribution in [0.25, 0.3) is 22.3 Å². The molecule has 2 aromatic heterocycles. The van der Waals surface area contributed by atoms with Gasteiger partial charge >= 0.3 is 0 Å². The van der Waals surface area contributed by atoms with Gasteiger partial charge in [0, 0.05) is 18.8 Å². The van der Waals surface area contributed by atoms with Gasteiger partial charge in [-0.3, -0.25) is 0 Å². The molecule has 2 N–H and O–H groups in total. The maximum atomic E-state index is 5.60. The summed E-state index contributed by atoms with van der Waals surface area (Å²) >= 11 is 0. The summed E-state index contributed by atoms with van der Waals surface area (Å²) in [5.74, 6) is 0.265. The Morgan fingerprint density at radius 3 is 2.89 bits per heavy atom. The third kappa shape index (κ3) is 1.60. The number of hydrogen-bond donors (Lipinski definition) is 1. The summed E-state index contributed by atoms with van der Waals surface area (Å²) in [6, 6.07) is 8.20. The van der Waals surface area contributed by atoms with Gasteiger partial charge in [-0.1, -0.05) is 23.8 Å². The molecule has 0 atom stereocenters. The molecule has 1 aromatic carbocycles. The number of nitrogens with zero attached hydrogens (tertiary/aromatic N) is 4. The van der Waals surface area contributed by atoms with Gasteiger partial charge in [-0.2, -0.15) is 10.1 Å². The highest BCUT2D eigenvalue weighted by atomic mass is 15.3. The highest BCUT2D eigenvalue weighted by Gasteiger charge is 2.12. The van der Waals surface area contributed by atoms with Gasteiger partial charge in [-0.25, -0.2) is 9.67 Å². The Morgan fingerprint density at radius 2 is 2.11 bits per heavy atom. The molecule has 2 heterocycles. The summed E-state index contributed by atoms with van der Waals surface area (Å²) in [6.07, 6.45) is 1.72. The van der Waals surface area contributed by atoms with E-state index in [1.807, 2.05) is 19.2 Å². The van der Waals surface area contributed by atoms with Crippen molar-refractivity contribution < 1.29 is 0 Å². The van der Waals surface area contributed by atoms with Crippen LogP contribution < -0.4 is 5.73 Å². The molecule has 0 bridgehead atoms. The molecule has 0 radical (unpaired) electrons. The van der Waals surface area contributed by atoms with Gasteiger partial charge in [0.1, 0.15) is 5.69 Å². The van der Waals surface area contributed by atoms with Gasteiger partial charge in [-0.05, 0) is 13.0 Å². The van der Waals surface area contributed by atoms with E-state index in [4.69, 9.17) is 5.73 Å². The van der Waals surface area contributed by atoms with Crippen LogP contribution in [0.4, 0.5) is 5.95 Å². The smallest absolute Gasteiger partial charge is 0.222 e. The van der Waals surface area contributed by atoms with Crippen molar-refractivity contribution in [2.75, 3.05) is 5.73 Å². The van der Waals surface area contributed by atoms with Gasteiger partial charge in [0.25, 0.3) is 0 Å². The lowest BCUT2D eigenvalue weighted by molar-refractivity contribution is 0.789. The molecule has 0 amide bonds. The Morgan fingerprint density at radius 1 is 1.28 bits per heavy atom. The van der Waals surface area contributed by atoms with E-state index in [1.54, 1.807) is 10.9 Å². The number of aryl methyl sites for hydroxylation is 2. The Balaban J connectivity index is 2.30. The number of fused-ring (bicyclic) bond motifs is 1. The number of benzene rings is 1. The summed E-state index contributed by atoms with van der Waals surface area (Å²) in [7, 11) is 1.86. The second kappa shape index (κ2) is 3.80. The van der Waals surface area contributed by atoms with Crippen LogP contribution >= 0.6 is 0 Å². The Bertz CT molecular complexity index is 729. The minimum Gasteiger partial charge on any atom is -0.368 e. The van der Waals surface area contributed by atoms with E-state index in [1.165, 1.54) is 5.56 Å². The quantitative estimate of drug-likeness (QED) is 0.704. The Kier molecular flexibility index (Phi) is 2.26. The molecule has 3 rings (SSSR count). The van der Waals surface area contributed by atoms with Crippen molar-refractivity contribution in [3.8, 4) is 11.3 Å². The number of rotatable bonds is 1. The number of hydrogen-bond acceptors (Lipinski definition) is 4. The molecular weight excluding hydrogens is 226 g/mol. The minimum atomic E-state index is 0.265. The first-order valence-electron chi connectivity index (χ1n) is 5.67. The molecule has 0 aliphatic rings. The molecule has 0 unspecified atom stereocenters. The summed E-state index contributed by atoms with van der Waals surface area (Å²) in [4.78, 5) is 8.25. The van der Waals surface area contributed by atoms with Crippen LogP contribution in [-0.2, 0) is 7.05 Å².